The molecule has 0 bridgehead atoms. The van der Waals surface area contributed by atoms with Crippen molar-refractivity contribution in [1.82, 2.24) is 0 Å². The Morgan fingerprint density at radius 3 is 1.86 bits per heavy atom. The molecule has 0 aliphatic heterocycles. The van der Waals surface area contributed by atoms with Crippen molar-refractivity contribution >= 4 is 35.6 Å². The molecule has 0 radical (unpaired) electrons. The van der Waals surface area contributed by atoms with E-state index < -0.39 is 0 Å². The van der Waals surface area contributed by atoms with Crippen molar-refractivity contribution in [3.63, 3.8) is 0 Å². The third-order valence-electron chi connectivity index (χ3n) is 3.45. The number of carbonyl (C=O) groups is 1. The second kappa shape index (κ2) is 8.77. The summed E-state index contributed by atoms with van der Waals surface area (Å²) in [5.41, 5.74) is 3.43. The number of carbonyl (C=O) groups excluding carboxylic acids is 1. The lowest BCUT2D eigenvalue weighted by molar-refractivity contribution is 0.112. The van der Waals surface area contributed by atoms with Gasteiger partial charge in [0.05, 0.1) is 0 Å². The molecule has 1 aliphatic carbocycles. The van der Waals surface area contributed by atoms with Crippen molar-refractivity contribution in [2.75, 3.05) is 0 Å². The maximum Gasteiger partial charge on any atom is 0.150 e. The molecule has 0 atom stereocenters. The Morgan fingerprint density at radius 1 is 0.818 bits per heavy atom. The molecular weight excluding hydrogens is 315 g/mol. The molecule has 1 saturated carbocycles. The quantitative estimate of drug-likeness (QED) is 0.577. The van der Waals surface area contributed by atoms with Crippen LogP contribution in [0, 0.1) is 0 Å². The topological polar surface area (TPSA) is 17.1 Å². The third-order valence-corrected chi connectivity index (χ3v) is 3.92. The van der Waals surface area contributed by atoms with E-state index in [-0.39, 0.29) is 0 Å². The number of hydrogen-bond acceptors (Lipinski definition) is 1. The highest BCUT2D eigenvalue weighted by Crippen LogP contribution is 2.26. The van der Waals surface area contributed by atoms with Gasteiger partial charge in [0, 0.05) is 15.6 Å². The van der Waals surface area contributed by atoms with Gasteiger partial charge in [-0.25, -0.2) is 0 Å². The summed E-state index contributed by atoms with van der Waals surface area (Å²) in [5.74, 6) is 0. The monoisotopic (exact) mass is 332 g/mol. The Bertz CT molecular complexity index is 654. The first kappa shape index (κ1) is 16.8. The highest BCUT2D eigenvalue weighted by atomic mass is 35.5. The first-order chi connectivity index (χ1) is 10.7. The summed E-state index contributed by atoms with van der Waals surface area (Å²) in [5, 5.41) is 1.42. The Morgan fingerprint density at radius 2 is 1.36 bits per heavy atom. The summed E-state index contributed by atoms with van der Waals surface area (Å²) in [7, 11) is 0. The zero-order valence-corrected chi connectivity index (χ0v) is 13.8. The Balaban J connectivity index is 0.000000172. The van der Waals surface area contributed by atoms with Crippen LogP contribution in [0.25, 0.3) is 6.08 Å². The molecule has 0 unspecified atom stereocenters. The zero-order valence-electron chi connectivity index (χ0n) is 12.3. The van der Waals surface area contributed by atoms with Crippen molar-refractivity contribution in [3.05, 3.63) is 75.3 Å². The van der Waals surface area contributed by atoms with Gasteiger partial charge in [0.25, 0.3) is 0 Å². The molecule has 22 heavy (non-hydrogen) atoms. The van der Waals surface area contributed by atoms with E-state index in [4.69, 9.17) is 23.2 Å². The number of benzene rings is 2. The average Bonchev–Trinajstić information content (AvgIpc) is 3.01. The normalized spacial score (nSPS) is 13.3. The van der Waals surface area contributed by atoms with Gasteiger partial charge in [-0.3, -0.25) is 4.79 Å². The van der Waals surface area contributed by atoms with Crippen LogP contribution in [0.4, 0.5) is 0 Å². The molecule has 0 amide bonds. The predicted molar refractivity (Wildman–Crippen MR) is 94.7 cm³/mol. The molecule has 0 N–H and O–H groups in total. The SMILES string of the molecule is Clc1cccc(C=C2CCCC2)c1.O=Cc1cccc(Cl)c1. The van der Waals surface area contributed by atoms with E-state index in [0.29, 0.717) is 10.6 Å². The summed E-state index contributed by atoms with van der Waals surface area (Å²) in [4.78, 5) is 10.1. The van der Waals surface area contributed by atoms with Gasteiger partial charge in [-0.15, -0.1) is 0 Å². The van der Waals surface area contributed by atoms with Crippen molar-refractivity contribution in [3.8, 4) is 0 Å². The number of rotatable bonds is 2. The molecule has 2 aromatic rings. The van der Waals surface area contributed by atoms with E-state index in [1.807, 2.05) is 18.2 Å². The molecule has 114 valence electrons. The summed E-state index contributed by atoms with van der Waals surface area (Å²) in [6.07, 6.45) is 8.29. The third kappa shape index (κ3) is 5.67. The van der Waals surface area contributed by atoms with Crippen LogP contribution >= 0.6 is 23.2 Å². The van der Waals surface area contributed by atoms with Crippen molar-refractivity contribution in [2.45, 2.75) is 25.7 Å². The van der Waals surface area contributed by atoms with Gasteiger partial charge in [-0.2, -0.15) is 0 Å². The lowest BCUT2D eigenvalue weighted by Gasteiger charge is -1.97. The highest BCUT2D eigenvalue weighted by molar-refractivity contribution is 6.31. The fourth-order valence-corrected chi connectivity index (χ4v) is 2.78. The molecule has 3 rings (SSSR count). The molecule has 0 saturated heterocycles. The smallest absolute Gasteiger partial charge is 0.150 e. The molecule has 0 heterocycles. The lowest BCUT2D eigenvalue weighted by atomic mass is 10.1. The van der Waals surface area contributed by atoms with Crippen molar-refractivity contribution < 1.29 is 4.79 Å². The first-order valence-corrected chi connectivity index (χ1v) is 8.09. The van der Waals surface area contributed by atoms with Crippen LogP contribution in [-0.4, -0.2) is 6.29 Å². The Labute approximate surface area is 141 Å². The van der Waals surface area contributed by atoms with E-state index in [1.54, 1.807) is 29.8 Å². The van der Waals surface area contributed by atoms with Gasteiger partial charge >= 0.3 is 0 Å². The minimum absolute atomic E-state index is 0.597. The van der Waals surface area contributed by atoms with Gasteiger partial charge in [0.2, 0.25) is 0 Å². The molecule has 3 heteroatoms. The van der Waals surface area contributed by atoms with Gasteiger partial charge in [0.1, 0.15) is 6.29 Å². The van der Waals surface area contributed by atoms with Crippen LogP contribution in [0.15, 0.2) is 54.1 Å². The summed E-state index contributed by atoms with van der Waals surface area (Å²) in [6, 6.07) is 14.8. The summed E-state index contributed by atoms with van der Waals surface area (Å²) >= 11 is 11.5. The van der Waals surface area contributed by atoms with E-state index in [2.05, 4.69) is 12.1 Å². The van der Waals surface area contributed by atoms with Crippen LogP contribution in [0.1, 0.15) is 41.6 Å². The van der Waals surface area contributed by atoms with Gasteiger partial charge < -0.3 is 0 Å². The minimum Gasteiger partial charge on any atom is -0.298 e. The van der Waals surface area contributed by atoms with E-state index in [0.717, 1.165) is 11.3 Å². The molecule has 1 fully saturated rings. The van der Waals surface area contributed by atoms with Crippen molar-refractivity contribution in [2.24, 2.45) is 0 Å². The molecule has 1 aliphatic rings. The van der Waals surface area contributed by atoms with E-state index >= 15 is 0 Å². The summed E-state index contributed by atoms with van der Waals surface area (Å²) < 4.78 is 0. The zero-order chi connectivity index (χ0) is 15.8. The maximum atomic E-state index is 10.1. The predicted octanol–water partition coefficient (Wildman–Crippen LogP) is 6.45. The van der Waals surface area contributed by atoms with E-state index in [1.165, 1.54) is 31.2 Å². The fourth-order valence-electron chi connectivity index (χ4n) is 2.39. The summed E-state index contributed by atoms with van der Waals surface area (Å²) in [6.45, 7) is 0. The maximum absolute atomic E-state index is 10.1. The second-order valence-corrected chi connectivity index (χ2v) is 6.11. The highest BCUT2D eigenvalue weighted by Gasteiger charge is 2.05. The molecule has 2 aromatic carbocycles. The number of hydrogen-bond donors (Lipinski definition) is 0. The number of halogens is 2. The second-order valence-electron chi connectivity index (χ2n) is 5.24. The van der Waals surface area contributed by atoms with Crippen LogP contribution in [0.5, 0.6) is 0 Å². The molecule has 1 nitrogen and oxygen atoms in total. The van der Waals surface area contributed by atoms with Crippen LogP contribution in [0.2, 0.25) is 10.0 Å². The number of allylic oxidation sites excluding steroid dienone is 1. The van der Waals surface area contributed by atoms with Gasteiger partial charge in [0.15, 0.2) is 0 Å². The number of aldehydes is 1. The van der Waals surface area contributed by atoms with E-state index in [9.17, 15) is 4.79 Å². The molecule has 0 spiro atoms. The Hall–Kier alpha value is -1.57. The average molecular weight is 333 g/mol. The standard InChI is InChI=1S/C12H13Cl.C7H5ClO/c13-12-7-3-6-11(9-12)8-10-4-1-2-5-10;8-7-3-1-2-6(4-7)5-9/h3,6-9H,1-2,4-5H2;1-5H. The molecular formula is C19H18Cl2O. The largest absolute Gasteiger partial charge is 0.298 e. The molecule has 0 aromatic heterocycles. The van der Waals surface area contributed by atoms with Gasteiger partial charge in [-0.1, -0.05) is 59.1 Å². The van der Waals surface area contributed by atoms with Crippen LogP contribution in [0.3, 0.4) is 0 Å². The Kier molecular flexibility index (Phi) is 6.70. The van der Waals surface area contributed by atoms with Crippen LogP contribution < -0.4 is 0 Å². The fraction of sp³-hybridized carbons (Fsp3) is 0.211. The van der Waals surface area contributed by atoms with Crippen LogP contribution in [-0.2, 0) is 0 Å². The minimum atomic E-state index is 0.597. The first-order valence-electron chi connectivity index (χ1n) is 7.33. The van der Waals surface area contributed by atoms with Gasteiger partial charge in [-0.05, 0) is 55.5 Å². The lowest BCUT2D eigenvalue weighted by Crippen LogP contribution is -1.75. The van der Waals surface area contributed by atoms with Crippen molar-refractivity contribution in [1.29, 1.82) is 0 Å².